The van der Waals surface area contributed by atoms with E-state index in [-0.39, 0.29) is 0 Å². The molecule has 0 radical (unpaired) electrons. The summed E-state index contributed by atoms with van der Waals surface area (Å²) < 4.78 is 0. The molecule has 0 aromatic carbocycles. The zero-order chi connectivity index (χ0) is 8.69. The Bertz CT molecular complexity index is 85.6. The molecule has 0 saturated heterocycles. The predicted molar refractivity (Wildman–Crippen MR) is 55.3 cm³/mol. The molecule has 11 heavy (non-hydrogen) atoms. The zero-order valence-electron chi connectivity index (χ0n) is 8.18. The first-order chi connectivity index (χ1) is 5.24. The number of nitrogens with one attached hydrogen (secondary N) is 1. The van der Waals surface area contributed by atoms with Gasteiger partial charge in [0.15, 0.2) is 0 Å². The summed E-state index contributed by atoms with van der Waals surface area (Å²) in [5.74, 6) is 0.876. The summed E-state index contributed by atoms with van der Waals surface area (Å²) in [4.78, 5) is 0. The fraction of sp³-hybridized carbons (Fsp3) is 1.00. The Kier molecular flexibility index (Phi) is 7.18. The summed E-state index contributed by atoms with van der Waals surface area (Å²) in [6.07, 6.45) is 4.85. The first kappa shape index (κ1) is 11.3. The third-order valence-corrected chi connectivity index (χ3v) is 3.15. The van der Waals surface area contributed by atoms with E-state index in [1.54, 1.807) is 0 Å². The molecule has 2 heteroatoms. The lowest BCUT2D eigenvalue weighted by atomic mass is 10.0. The quantitative estimate of drug-likeness (QED) is 0.665. The molecule has 2 unspecified atom stereocenters. The molecule has 0 aliphatic heterocycles. The molecule has 0 aromatic rings. The Morgan fingerprint density at radius 1 is 1.45 bits per heavy atom. The average Bonchev–Trinajstić information content (AvgIpc) is 2.03. The highest BCUT2D eigenvalue weighted by molar-refractivity contribution is 7.99. The van der Waals surface area contributed by atoms with E-state index in [1.807, 2.05) is 18.8 Å². The second-order valence-corrected chi connectivity index (χ2v) is 4.30. The van der Waals surface area contributed by atoms with Gasteiger partial charge >= 0.3 is 0 Å². The van der Waals surface area contributed by atoms with Crippen LogP contribution in [0.3, 0.4) is 0 Å². The Morgan fingerprint density at radius 3 is 2.45 bits per heavy atom. The SMILES string of the molecule is CCC(C)CC(CNC)SC. The van der Waals surface area contributed by atoms with Crippen LogP contribution in [0.1, 0.15) is 26.7 Å². The van der Waals surface area contributed by atoms with Gasteiger partial charge in [0.05, 0.1) is 0 Å². The third kappa shape index (κ3) is 5.57. The van der Waals surface area contributed by atoms with Crippen LogP contribution in [0.4, 0.5) is 0 Å². The highest BCUT2D eigenvalue weighted by Gasteiger charge is 2.09. The number of rotatable bonds is 6. The first-order valence-electron chi connectivity index (χ1n) is 4.41. The minimum atomic E-state index is 0.801. The summed E-state index contributed by atoms with van der Waals surface area (Å²) in [5, 5.41) is 4.03. The summed E-state index contributed by atoms with van der Waals surface area (Å²) in [5.41, 5.74) is 0. The fourth-order valence-corrected chi connectivity index (χ4v) is 1.96. The smallest absolute Gasteiger partial charge is 0.0172 e. The minimum absolute atomic E-state index is 0.801. The van der Waals surface area contributed by atoms with Crippen LogP contribution in [0.5, 0.6) is 0 Å². The highest BCUT2D eigenvalue weighted by atomic mass is 32.2. The molecule has 0 heterocycles. The van der Waals surface area contributed by atoms with Gasteiger partial charge in [-0.05, 0) is 25.6 Å². The fourth-order valence-electron chi connectivity index (χ4n) is 1.11. The van der Waals surface area contributed by atoms with Gasteiger partial charge in [-0.25, -0.2) is 0 Å². The van der Waals surface area contributed by atoms with Gasteiger partial charge < -0.3 is 5.32 Å². The molecule has 0 spiro atoms. The monoisotopic (exact) mass is 175 g/mol. The van der Waals surface area contributed by atoms with E-state index in [0.717, 1.165) is 17.7 Å². The standard InChI is InChI=1S/C9H21NS/c1-5-8(2)6-9(11-4)7-10-3/h8-10H,5-7H2,1-4H3. The summed E-state index contributed by atoms with van der Waals surface area (Å²) >= 11 is 1.98. The van der Waals surface area contributed by atoms with E-state index in [0.29, 0.717) is 0 Å². The van der Waals surface area contributed by atoms with Crippen LogP contribution in [-0.2, 0) is 0 Å². The molecule has 0 rings (SSSR count). The van der Waals surface area contributed by atoms with Gasteiger partial charge in [-0.1, -0.05) is 20.3 Å². The lowest BCUT2D eigenvalue weighted by Crippen LogP contribution is -2.22. The average molecular weight is 175 g/mol. The number of hydrogen-bond donors (Lipinski definition) is 1. The molecule has 1 N–H and O–H groups in total. The van der Waals surface area contributed by atoms with Gasteiger partial charge in [-0.2, -0.15) is 11.8 Å². The number of hydrogen-bond acceptors (Lipinski definition) is 2. The number of thioether (sulfide) groups is 1. The van der Waals surface area contributed by atoms with Gasteiger partial charge in [-0.15, -0.1) is 0 Å². The molecule has 0 amide bonds. The highest BCUT2D eigenvalue weighted by Crippen LogP contribution is 2.17. The van der Waals surface area contributed by atoms with E-state index in [1.165, 1.54) is 12.8 Å². The van der Waals surface area contributed by atoms with E-state index in [9.17, 15) is 0 Å². The molecule has 68 valence electrons. The maximum Gasteiger partial charge on any atom is 0.0172 e. The maximum absolute atomic E-state index is 3.23. The van der Waals surface area contributed by atoms with E-state index in [4.69, 9.17) is 0 Å². The van der Waals surface area contributed by atoms with Crippen molar-refractivity contribution in [2.45, 2.75) is 31.9 Å². The third-order valence-electron chi connectivity index (χ3n) is 2.13. The maximum atomic E-state index is 3.23. The lowest BCUT2D eigenvalue weighted by molar-refractivity contribution is 0.497. The normalized spacial score (nSPS) is 16.4. The molecule has 0 fully saturated rings. The second kappa shape index (κ2) is 6.99. The van der Waals surface area contributed by atoms with Crippen LogP contribution in [0, 0.1) is 5.92 Å². The van der Waals surface area contributed by atoms with Crippen molar-refractivity contribution in [2.24, 2.45) is 5.92 Å². The van der Waals surface area contributed by atoms with Crippen molar-refractivity contribution in [3.8, 4) is 0 Å². The Labute approximate surface area is 75.3 Å². The molecule has 0 bridgehead atoms. The molecular formula is C9H21NS. The van der Waals surface area contributed by atoms with Crippen molar-refractivity contribution in [1.82, 2.24) is 5.32 Å². The van der Waals surface area contributed by atoms with Crippen molar-refractivity contribution in [3.05, 3.63) is 0 Å². The first-order valence-corrected chi connectivity index (χ1v) is 5.70. The van der Waals surface area contributed by atoms with E-state index >= 15 is 0 Å². The van der Waals surface area contributed by atoms with Gasteiger partial charge in [0.1, 0.15) is 0 Å². The summed E-state index contributed by atoms with van der Waals surface area (Å²) in [6, 6.07) is 0. The molecule has 0 aliphatic rings. The van der Waals surface area contributed by atoms with Crippen LogP contribution in [0.2, 0.25) is 0 Å². The molecule has 2 atom stereocenters. The van der Waals surface area contributed by atoms with Crippen LogP contribution < -0.4 is 5.32 Å². The molecule has 0 aromatic heterocycles. The van der Waals surface area contributed by atoms with Gasteiger partial charge in [-0.3, -0.25) is 0 Å². The lowest BCUT2D eigenvalue weighted by Gasteiger charge is -2.17. The Hall–Kier alpha value is 0.310. The van der Waals surface area contributed by atoms with Crippen molar-refractivity contribution in [3.63, 3.8) is 0 Å². The van der Waals surface area contributed by atoms with Crippen molar-refractivity contribution in [1.29, 1.82) is 0 Å². The summed E-state index contributed by atoms with van der Waals surface area (Å²) in [7, 11) is 2.03. The van der Waals surface area contributed by atoms with Gasteiger partial charge in [0.2, 0.25) is 0 Å². The topological polar surface area (TPSA) is 12.0 Å². The van der Waals surface area contributed by atoms with Crippen LogP contribution in [0.25, 0.3) is 0 Å². The Balaban J connectivity index is 3.49. The van der Waals surface area contributed by atoms with Crippen LogP contribution in [0.15, 0.2) is 0 Å². The second-order valence-electron chi connectivity index (χ2n) is 3.16. The van der Waals surface area contributed by atoms with E-state index < -0.39 is 0 Å². The Morgan fingerprint density at radius 2 is 2.09 bits per heavy atom. The minimum Gasteiger partial charge on any atom is -0.319 e. The van der Waals surface area contributed by atoms with Crippen molar-refractivity contribution < 1.29 is 0 Å². The van der Waals surface area contributed by atoms with Crippen molar-refractivity contribution >= 4 is 11.8 Å². The van der Waals surface area contributed by atoms with Crippen molar-refractivity contribution in [2.75, 3.05) is 19.8 Å². The largest absolute Gasteiger partial charge is 0.319 e. The van der Waals surface area contributed by atoms with Gasteiger partial charge in [0.25, 0.3) is 0 Å². The predicted octanol–water partition coefficient (Wildman–Crippen LogP) is 2.37. The molecular weight excluding hydrogens is 154 g/mol. The molecule has 1 nitrogen and oxygen atoms in total. The molecule has 0 saturated carbocycles. The van der Waals surface area contributed by atoms with E-state index in [2.05, 4.69) is 25.4 Å². The zero-order valence-corrected chi connectivity index (χ0v) is 9.00. The van der Waals surface area contributed by atoms with Crippen LogP contribution >= 0.6 is 11.8 Å². The van der Waals surface area contributed by atoms with Crippen LogP contribution in [-0.4, -0.2) is 25.1 Å². The molecule has 0 aliphatic carbocycles. The summed E-state index contributed by atoms with van der Waals surface area (Å²) in [6.45, 7) is 5.74. The van der Waals surface area contributed by atoms with Gasteiger partial charge in [0, 0.05) is 11.8 Å².